The number of rotatable bonds is 9. The molecule has 168 valence electrons. The molecule has 9 heteroatoms. The minimum atomic E-state index is -3.85. The number of pyridine rings is 1. The van der Waals surface area contributed by atoms with Gasteiger partial charge < -0.3 is 9.67 Å². The lowest BCUT2D eigenvalue weighted by atomic mass is 10.1. The van der Waals surface area contributed by atoms with E-state index in [4.69, 9.17) is 5.11 Å². The Hall–Kier alpha value is -3.82. The standard InChI is InChI=1S/C24H22N4O4S/c29-24(30)14-20-3-1-4-21(13-20)17-28(33(31,32)23-5-2-10-25-15-23)16-19-6-8-22(9-7-19)27-12-11-26-18-27/h1-13,15,18H,14,16-17H2,(H,29,30). The largest absolute Gasteiger partial charge is 0.481 e. The first-order chi connectivity index (χ1) is 15.9. The van der Waals surface area contributed by atoms with Gasteiger partial charge in [-0.15, -0.1) is 0 Å². The summed E-state index contributed by atoms with van der Waals surface area (Å²) in [7, 11) is -3.85. The Morgan fingerprint density at radius 1 is 0.909 bits per heavy atom. The van der Waals surface area contributed by atoms with Gasteiger partial charge in [0.1, 0.15) is 4.90 Å². The van der Waals surface area contributed by atoms with Crippen molar-refractivity contribution in [1.82, 2.24) is 18.8 Å². The molecule has 33 heavy (non-hydrogen) atoms. The summed E-state index contributed by atoms with van der Waals surface area (Å²) in [6, 6.07) is 17.6. The van der Waals surface area contributed by atoms with Gasteiger partial charge in [0, 0.05) is 43.6 Å². The molecular weight excluding hydrogens is 440 g/mol. The van der Waals surface area contributed by atoms with Crippen LogP contribution in [0.15, 0.2) is 96.7 Å². The SMILES string of the molecule is O=C(O)Cc1cccc(CN(Cc2ccc(-n3ccnc3)cc2)S(=O)(=O)c2cccnc2)c1. The van der Waals surface area contributed by atoms with Gasteiger partial charge in [-0.1, -0.05) is 36.4 Å². The average Bonchev–Trinajstić information content (AvgIpc) is 3.35. The number of imidazole rings is 1. The predicted molar refractivity (Wildman–Crippen MR) is 122 cm³/mol. The summed E-state index contributed by atoms with van der Waals surface area (Å²) in [6.45, 7) is 0.235. The van der Waals surface area contributed by atoms with Gasteiger partial charge in [0.25, 0.3) is 0 Å². The third kappa shape index (κ3) is 5.51. The van der Waals surface area contributed by atoms with Crippen molar-refractivity contribution < 1.29 is 18.3 Å². The maximum Gasteiger partial charge on any atom is 0.307 e. The van der Waals surface area contributed by atoms with E-state index < -0.39 is 16.0 Å². The fraction of sp³-hybridized carbons (Fsp3) is 0.125. The maximum absolute atomic E-state index is 13.4. The van der Waals surface area contributed by atoms with E-state index in [0.717, 1.165) is 11.3 Å². The Kier molecular flexibility index (Phi) is 6.62. The van der Waals surface area contributed by atoms with Crippen LogP contribution in [0.5, 0.6) is 0 Å². The molecule has 0 aliphatic rings. The third-order valence-electron chi connectivity index (χ3n) is 5.08. The van der Waals surface area contributed by atoms with Crippen LogP contribution >= 0.6 is 0 Å². The lowest BCUT2D eigenvalue weighted by molar-refractivity contribution is -0.136. The second kappa shape index (κ2) is 9.76. The molecule has 0 fully saturated rings. The first kappa shape index (κ1) is 22.4. The fourth-order valence-corrected chi connectivity index (χ4v) is 4.86. The van der Waals surface area contributed by atoms with Crippen LogP contribution in [0.1, 0.15) is 16.7 Å². The Morgan fingerprint density at radius 3 is 2.33 bits per heavy atom. The van der Waals surface area contributed by atoms with Gasteiger partial charge in [-0.2, -0.15) is 4.31 Å². The van der Waals surface area contributed by atoms with Gasteiger partial charge in [0.2, 0.25) is 10.0 Å². The lowest BCUT2D eigenvalue weighted by Crippen LogP contribution is -2.30. The molecule has 0 bridgehead atoms. The van der Waals surface area contributed by atoms with Crippen molar-refractivity contribution in [3.63, 3.8) is 0 Å². The molecule has 0 saturated carbocycles. The van der Waals surface area contributed by atoms with E-state index >= 15 is 0 Å². The van der Waals surface area contributed by atoms with Crippen molar-refractivity contribution in [2.24, 2.45) is 0 Å². The molecule has 0 saturated heterocycles. The number of carboxylic acids is 1. The number of aromatic nitrogens is 3. The van der Waals surface area contributed by atoms with Gasteiger partial charge in [0.05, 0.1) is 12.7 Å². The van der Waals surface area contributed by atoms with E-state index in [1.807, 2.05) is 35.0 Å². The second-order valence-corrected chi connectivity index (χ2v) is 9.43. The summed E-state index contributed by atoms with van der Waals surface area (Å²) in [5.41, 5.74) is 3.05. The number of aliphatic carboxylic acids is 1. The van der Waals surface area contributed by atoms with Gasteiger partial charge >= 0.3 is 5.97 Å². The molecule has 4 rings (SSSR count). The molecule has 4 aromatic rings. The quantitative estimate of drug-likeness (QED) is 0.409. The summed E-state index contributed by atoms with van der Waals surface area (Å²) < 4.78 is 30.1. The van der Waals surface area contributed by atoms with E-state index in [2.05, 4.69) is 9.97 Å². The number of nitrogens with zero attached hydrogens (tertiary/aromatic N) is 4. The van der Waals surface area contributed by atoms with E-state index in [1.54, 1.807) is 42.9 Å². The zero-order valence-corrected chi connectivity index (χ0v) is 18.5. The molecule has 2 aromatic carbocycles. The summed E-state index contributed by atoms with van der Waals surface area (Å²) in [4.78, 5) is 19.2. The Morgan fingerprint density at radius 2 is 1.67 bits per heavy atom. The Balaban J connectivity index is 1.64. The van der Waals surface area contributed by atoms with Crippen LogP contribution in [-0.4, -0.2) is 38.3 Å². The van der Waals surface area contributed by atoms with Crippen LogP contribution in [-0.2, 0) is 34.3 Å². The van der Waals surface area contributed by atoms with Crippen molar-refractivity contribution in [3.8, 4) is 5.69 Å². The predicted octanol–water partition coefficient (Wildman–Crippen LogP) is 3.29. The fourth-order valence-electron chi connectivity index (χ4n) is 3.48. The number of hydrogen-bond donors (Lipinski definition) is 1. The van der Waals surface area contributed by atoms with Crippen LogP contribution in [0, 0.1) is 0 Å². The van der Waals surface area contributed by atoms with Crippen molar-refractivity contribution >= 4 is 16.0 Å². The van der Waals surface area contributed by atoms with Gasteiger partial charge in [-0.25, -0.2) is 13.4 Å². The zero-order chi connectivity index (χ0) is 23.3. The number of hydrogen-bond acceptors (Lipinski definition) is 5. The van der Waals surface area contributed by atoms with Crippen LogP contribution in [0.4, 0.5) is 0 Å². The number of sulfonamides is 1. The normalized spacial score (nSPS) is 11.5. The van der Waals surface area contributed by atoms with E-state index in [-0.39, 0.29) is 24.4 Å². The average molecular weight is 463 g/mol. The molecule has 0 atom stereocenters. The summed E-state index contributed by atoms with van der Waals surface area (Å²) in [5.74, 6) is -0.940. The molecule has 1 N–H and O–H groups in total. The smallest absolute Gasteiger partial charge is 0.307 e. The number of benzene rings is 2. The molecule has 0 unspecified atom stereocenters. The summed E-state index contributed by atoms with van der Waals surface area (Å²) in [5, 5.41) is 9.08. The monoisotopic (exact) mass is 462 g/mol. The number of carboxylic acid groups (broad SMARTS) is 1. The van der Waals surface area contributed by atoms with Crippen LogP contribution in [0.2, 0.25) is 0 Å². The molecule has 0 radical (unpaired) electrons. The Bertz CT molecular complexity index is 1320. The van der Waals surface area contributed by atoms with Gasteiger partial charge in [-0.05, 0) is 41.0 Å². The van der Waals surface area contributed by atoms with Crippen LogP contribution in [0.3, 0.4) is 0 Å². The van der Waals surface area contributed by atoms with Crippen molar-refractivity contribution in [1.29, 1.82) is 0 Å². The summed E-state index contributed by atoms with van der Waals surface area (Å²) >= 11 is 0. The molecule has 2 aromatic heterocycles. The van der Waals surface area contributed by atoms with Gasteiger partial charge in [-0.3, -0.25) is 9.78 Å². The second-order valence-electron chi connectivity index (χ2n) is 7.49. The molecule has 0 aliphatic heterocycles. The first-order valence-electron chi connectivity index (χ1n) is 10.2. The van der Waals surface area contributed by atoms with Crippen molar-refractivity contribution in [2.75, 3.05) is 0 Å². The molecule has 2 heterocycles. The molecule has 0 amide bonds. The van der Waals surface area contributed by atoms with Crippen LogP contribution < -0.4 is 0 Å². The van der Waals surface area contributed by atoms with Crippen molar-refractivity contribution in [2.45, 2.75) is 24.4 Å². The van der Waals surface area contributed by atoms with Crippen LogP contribution in [0.25, 0.3) is 5.69 Å². The highest BCUT2D eigenvalue weighted by Gasteiger charge is 2.25. The topological polar surface area (TPSA) is 105 Å². The Labute approximate surface area is 191 Å². The lowest BCUT2D eigenvalue weighted by Gasteiger charge is -2.23. The van der Waals surface area contributed by atoms with E-state index in [0.29, 0.717) is 11.1 Å². The van der Waals surface area contributed by atoms with E-state index in [1.165, 1.54) is 22.8 Å². The highest BCUT2D eigenvalue weighted by Crippen LogP contribution is 2.22. The maximum atomic E-state index is 13.4. The highest BCUT2D eigenvalue weighted by atomic mass is 32.2. The number of carbonyl (C=O) groups is 1. The van der Waals surface area contributed by atoms with Crippen molar-refractivity contribution in [3.05, 3.63) is 108 Å². The summed E-state index contributed by atoms with van der Waals surface area (Å²) in [6.07, 6.45) is 7.93. The molecular formula is C24H22N4O4S. The van der Waals surface area contributed by atoms with E-state index in [9.17, 15) is 13.2 Å². The highest BCUT2D eigenvalue weighted by molar-refractivity contribution is 7.89. The zero-order valence-electron chi connectivity index (χ0n) is 17.7. The minimum Gasteiger partial charge on any atom is -0.481 e. The minimum absolute atomic E-state index is 0.0912. The molecule has 0 aliphatic carbocycles. The molecule has 8 nitrogen and oxygen atoms in total. The van der Waals surface area contributed by atoms with Gasteiger partial charge in [0.15, 0.2) is 0 Å². The molecule has 0 spiro atoms. The third-order valence-corrected chi connectivity index (χ3v) is 6.85. The first-order valence-corrected chi connectivity index (χ1v) is 11.6.